The second kappa shape index (κ2) is 9.22. The summed E-state index contributed by atoms with van der Waals surface area (Å²) in [5.41, 5.74) is 0. The van der Waals surface area contributed by atoms with Gasteiger partial charge in [-0.1, -0.05) is 25.7 Å². The largest absolute Gasteiger partial charge is 1.00 e. The van der Waals surface area contributed by atoms with Crippen LogP contribution in [0.15, 0.2) is 0 Å². The first-order chi connectivity index (χ1) is 5.91. The first-order valence-electron chi connectivity index (χ1n) is 4.59. The van der Waals surface area contributed by atoms with Gasteiger partial charge in [0.1, 0.15) is 6.72 Å². The van der Waals surface area contributed by atoms with Crippen molar-refractivity contribution in [3.05, 3.63) is 0 Å². The normalized spacial score (nSPS) is 19.2. The third-order valence-corrected chi connectivity index (χ3v) is 3.52. The van der Waals surface area contributed by atoms with E-state index >= 15 is 0 Å². The fourth-order valence-electron chi connectivity index (χ4n) is 0.615. The summed E-state index contributed by atoms with van der Waals surface area (Å²) >= 11 is 4.74. The number of hydrogen-bond acceptors (Lipinski definition) is 4. The zero-order valence-corrected chi connectivity index (χ0v) is 14.5. The summed E-state index contributed by atoms with van der Waals surface area (Å²) in [5.74, 6) is 0. The van der Waals surface area contributed by atoms with Gasteiger partial charge in [0.2, 0.25) is 0 Å². The van der Waals surface area contributed by atoms with Crippen LogP contribution in [-0.2, 0) is 20.9 Å². The van der Waals surface area contributed by atoms with E-state index in [1.807, 2.05) is 27.7 Å². The smallest absolute Gasteiger partial charge is 0.780 e. The van der Waals surface area contributed by atoms with Gasteiger partial charge in [-0.3, -0.25) is 0 Å². The van der Waals surface area contributed by atoms with Crippen molar-refractivity contribution in [2.24, 2.45) is 0 Å². The van der Waals surface area contributed by atoms with Crippen molar-refractivity contribution < 1.29 is 65.3 Å². The number of hydrogen-bond donors (Lipinski definition) is 0. The minimum absolute atomic E-state index is 0. The van der Waals surface area contributed by atoms with Gasteiger partial charge in [0.15, 0.2) is 0 Å². The van der Waals surface area contributed by atoms with E-state index in [1.54, 1.807) is 0 Å². The molecule has 0 aliphatic rings. The standard InChI is InChI=1S/C8H19O3PS.K/c1-5-7(3)10-12(9,13)11-8(4)6-2;/h7-8H,5-6H2,1-4H3,(H,9,13);/q;+1/p-1. The first kappa shape index (κ1) is 18.5. The van der Waals surface area contributed by atoms with Crippen LogP contribution in [0.25, 0.3) is 0 Å². The molecule has 80 valence electrons. The summed E-state index contributed by atoms with van der Waals surface area (Å²) in [6, 6.07) is 0. The van der Waals surface area contributed by atoms with Crippen molar-refractivity contribution in [3.8, 4) is 0 Å². The molecule has 0 N–H and O–H groups in total. The van der Waals surface area contributed by atoms with Crippen LogP contribution >= 0.6 is 6.72 Å². The maximum Gasteiger partial charge on any atom is 1.00 e. The minimum Gasteiger partial charge on any atom is -0.780 e. The fourth-order valence-corrected chi connectivity index (χ4v) is 2.73. The molecule has 0 saturated carbocycles. The maximum atomic E-state index is 11.5. The summed E-state index contributed by atoms with van der Waals surface area (Å²) in [6.45, 7) is 4.31. The molecule has 0 aromatic heterocycles. The molecular weight excluding hydrogens is 246 g/mol. The summed E-state index contributed by atoms with van der Waals surface area (Å²) in [6.07, 6.45) is 1.36. The average molecular weight is 264 g/mol. The van der Waals surface area contributed by atoms with Crippen molar-refractivity contribution in [2.45, 2.75) is 52.7 Å². The monoisotopic (exact) mass is 264 g/mol. The second-order valence-electron chi connectivity index (χ2n) is 3.10. The van der Waals surface area contributed by atoms with Gasteiger partial charge in [0.25, 0.3) is 0 Å². The molecule has 0 radical (unpaired) electrons. The van der Waals surface area contributed by atoms with Gasteiger partial charge in [-0.25, -0.2) is 0 Å². The Balaban J connectivity index is 0. The van der Waals surface area contributed by atoms with E-state index in [-0.39, 0.29) is 63.6 Å². The van der Waals surface area contributed by atoms with Crippen LogP contribution in [0.5, 0.6) is 0 Å². The second-order valence-corrected chi connectivity index (χ2v) is 5.75. The van der Waals surface area contributed by atoms with Gasteiger partial charge in [-0.2, -0.15) is 0 Å². The fraction of sp³-hybridized carbons (Fsp3) is 1.00. The molecule has 2 atom stereocenters. The van der Waals surface area contributed by atoms with Gasteiger partial charge in [-0.05, 0) is 26.7 Å². The average Bonchev–Trinajstić information content (AvgIpc) is 2.02. The van der Waals surface area contributed by atoms with Gasteiger partial charge in [0, 0.05) is 0 Å². The van der Waals surface area contributed by atoms with Crippen LogP contribution < -0.4 is 56.3 Å². The Morgan fingerprint density at radius 1 is 1.14 bits per heavy atom. The van der Waals surface area contributed by atoms with E-state index in [4.69, 9.17) is 20.9 Å². The Labute approximate surface area is 135 Å². The molecule has 0 spiro atoms. The molecule has 0 aliphatic heterocycles. The molecule has 2 unspecified atom stereocenters. The molecule has 0 rings (SSSR count). The van der Waals surface area contributed by atoms with Crippen molar-refractivity contribution in [1.82, 2.24) is 0 Å². The van der Waals surface area contributed by atoms with Crippen LogP contribution in [0.4, 0.5) is 0 Å². The van der Waals surface area contributed by atoms with E-state index in [1.165, 1.54) is 0 Å². The predicted molar refractivity (Wildman–Crippen MR) is 56.0 cm³/mol. The van der Waals surface area contributed by atoms with Gasteiger partial charge in [0.05, 0.1) is 12.2 Å². The van der Waals surface area contributed by atoms with Crippen molar-refractivity contribution >= 4 is 18.5 Å². The van der Waals surface area contributed by atoms with Crippen LogP contribution in [0.3, 0.4) is 0 Å². The summed E-state index contributed by atoms with van der Waals surface area (Å²) in [4.78, 5) is 11.5. The van der Waals surface area contributed by atoms with Crippen LogP contribution in [-0.4, -0.2) is 12.2 Å². The van der Waals surface area contributed by atoms with Crippen molar-refractivity contribution in [1.29, 1.82) is 0 Å². The maximum absolute atomic E-state index is 11.5. The quantitative estimate of drug-likeness (QED) is 0.465. The Morgan fingerprint density at radius 3 is 1.64 bits per heavy atom. The molecule has 0 aromatic carbocycles. The molecule has 6 heteroatoms. The Kier molecular flexibility index (Phi) is 12.2. The zero-order chi connectivity index (χ0) is 10.5. The van der Waals surface area contributed by atoms with Gasteiger partial charge >= 0.3 is 51.4 Å². The number of rotatable bonds is 6. The molecule has 0 heterocycles. The summed E-state index contributed by atoms with van der Waals surface area (Å²) in [7, 11) is 0. The van der Waals surface area contributed by atoms with Crippen molar-refractivity contribution in [2.75, 3.05) is 0 Å². The Hall–Kier alpha value is 2.17. The molecule has 0 fully saturated rings. The van der Waals surface area contributed by atoms with E-state index in [9.17, 15) is 4.89 Å². The molecular formula is C8H18KO3PS. The van der Waals surface area contributed by atoms with Crippen LogP contribution in [0.1, 0.15) is 40.5 Å². The summed E-state index contributed by atoms with van der Waals surface area (Å²) in [5, 5.41) is 0. The molecule has 0 bridgehead atoms. The first-order valence-corrected chi connectivity index (χ1v) is 7.14. The van der Waals surface area contributed by atoms with E-state index in [2.05, 4.69) is 0 Å². The van der Waals surface area contributed by atoms with E-state index < -0.39 is 6.72 Å². The van der Waals surface area contributed by atoms with Crippen LogP contribution in [0, 0.1) is 0 Å². The topological polar surface area (TPSA) is 41.5 Å². The van der Waals surface area contributed by atoms with Gasteiger partial charge in [-0.15, -0.1) is 0 Å². The molecule has 0 aliphatic carbocycles. The summed E-state index contributed by atoms with van der Waals surface area (Å²) < 4.78 is 10.2. The minimum atomic E-state index is -3.25. The third kappa shape index (κ3) is 9.40. The van der Waals surface area contributed by atoms with Gasteiger partial charge < -0.3 is 13.9 Å². The zero-order valence-electron chi connectivity index (χ0n) is 9.65. The van der Waals surface area contributed by atoms with E-state index in [0.717, 1.165) is 12.8 Å². The predicted octanol–water partition coefficient (Wildman–Crippen LogP) is -0.795. The molecule has 14 heavy (non-hydrogen) atoms. The third-order valence-electron chi connectivity index (χ3n) is 1.77. The molecule has 0 saturated heterocycles. The van der Waals surface area contributed by atoms with Crippen molar-refractivity contribution in [3.63, 3.8) is 0 Å². The molecule has 0 amide bonds. The SMILES string of the molecule is CCC(C)OP([O-])(=S)OC(C)CC.[K+]. The molecule has 0 aromatic rings. The van der Waals surface area contributed by atoms with Crippen LogP contribution in [0.2, 0.25) is 0 Å². The Morgan fingerprint density at radius 2 is 1.43 bits per heavy atom. The van der Waals surface area contributed by atoms with E-state index in [0.29, 0.717) is 0 Å². The Bertz CT molecular complexity index is 175. The molecule has 3 nitrogen and oxygen atoms in total.